The monoisotopic (exact) mass is 454 g/mol. The molecule has 28 heavy (non-hydrogen) atoms. The van der Waals surface area contributed by atoms with Gasteiger partial charge in [-0.05, 0) is 0 Å². The quantitative estimate of drug-likeness (QED) is 0.519. The van der Waals surface area contributed by atoms with E-state index in [1.54, 1.807) is 0 Å². The van der Waals surface area contributed by atoms with Gasteiger partial charge in [-0.1, -0.05) is 0 Å². The minimum Gasteiger partial charge on any atom is -0.396 e. The average molecular weight is 454 g/mol. The first kappa shape index (κ1) is 24.9. The fourth-order valence-corrected chi connectivity index (χ4v) is 3.77. The van der Waals surface area contributed by atoms with Crippen LogP contribution in [-0.2, 0) is 0 Å². The predicted molar refractivity (Wildman–Crippen MR) is 58.3 cm³/mol. The second-order valence-corrected chi connectivity index (χ2v) is 6.18. The molecule has 1 saturated carbocycles. The average Bonchev–Trinajstić information content (AvgIpc) is 2.38. The van der Waals surface area contributed by atoms with E-state index in [-0.39, 0.29) is 0 Å². The number of hydrogen-bond donors (Lipinski definition) is 1. The first-order valence-corrected chi connectivity index (χ1v) is 7.00. The lowest BCUT2D eigenvalue weighted by Gasteiger charge is -2.52. The minimum absolute atomic E-state index is 2.50. The Balaban J connectivity index is 3.99. The summed E-state index contributed by atoms with van der Waals surface area (Å²) in [6, 6.07) is 0. The van der Waals surface area contributed by atoms with Gasteiger partial charge >= 0.3 is 30.9 Å². The molecule has 0 radical (unpaired) electrons. The molecule has 1 nitrogen and oxygen atoms in total. The van der Waals surface area contributed by atoms with E-state index >= 15 is 0 Å². The van der Waals surface area contributed by atoms with Crippen LogP contribution in [-0.4, -0.2) is 42.6 Å². The van der Waals surface area contributed by atoms with Crippen LogP contribution in [0.4, 0.5) is 65.9 Å². The zero-order chi connectivity index (χ0) is 22.7. The molecule has 0 aromatic heterocycles. The number of hydrogen-bond acceptors (Lipinski definition) is 1. The summed E-state index contributed by atoms with van der Waals surface area (Å²) in [6.07, 6.45) is -32.8. The zero-order valence-corrected chi connectivity index (χ0v) is 12.8. The fraction of sp³-hybridized carbons (Fsp3) is 1.00. The summed E-state index contributed by atoms with van der Waals surface area (Å²) >= 11 is 0. The van der Waals surface area contributed by atoms with Gasteiger partial charge < -0.3 is 5.11 Å². The van der Waals surface area contributed by atoms with Gasteiger partial charge in [0.05, 0.1) is 29.6 Å². The SMILES string of the molecule is OCC1C(C(F)(F)F)C(C(F)(F)F)C(C(F)(F)F)C(C(F)(F)F)C1C(F)(F)F. The molecule has 168 valence electrons. The molecule has 4 atom stereocenters. The highest BCUT2D eigenvalue weighted by atomic mass is 19.4. The van der Waals surface area contributed by atoms with E-state index < -0.39 is 73.0 Å². The van der Waals surface area contributed by atoms with Crippen molar-refractivity contribution in [1.29, 1.82) is 0 Å². The number of halogens is 15. The van der Waals surface area contributed by atoms with E-state index in [0.717, 1.165) is 0 Å². The van der Waals surface area contributed by atoms with E-state index in [1.807, 2.05) is 0 Å². The van der Waals surface area contributed by atoms with Crippen LogP contribution >= 0.6 is 0 Å². The molecule has 0 aromatic rings. The molecule has 1 aliphatic rings. The highest BCUT2D eigenvalue weighted by Crippen LogP contribution is 2.65. The lowest BCUT2D eigenvalue weighted by atomic mass is 9.55. The van der Waals surface area contributed by atoms with E-state index in [2.05, 4.69) is 0 Å². The number of aliphatic hydroxyl groups is 1. The first-order valence-electron chi connectivity index (χ1n) is 7.00. The van der Waals surface area contributed by atoms with Crippen LogP contribution < -0.4 is 0 Å². The minimum atomic E-state index is -6.71. The van der Waals surface area contributed by atoms with Gasteiger partial charge in [-0.2, -0.15) is 65.9 Å². The second-order valence-electron chi connectivity index (χ2n) is 6.18. The van der Waals surface area contributed by atoms with Crippen molar-refractivity contribution in [2.45, 2.75) is 30.9 Å². The molecule has 0 aromatic carbocycles. The molecule has 0 spiro atoms. The maximum Gasteiger partial charge on any atom is 0.393 e. The van der Waals surface area contributed by atoms with Crippen molar-refractivity contribution >= 4 is 0 Å². The second kappa shape index (κ2) is 7.00. The van der Waals surface area contributed by atoms with Gasteiger partial charge in [0.1, 0.15) is 0 Å². The molecular formula is C12H9F15O. The Morgan fingerprint density at radius 2 is 0.571 bits per heavy atom. The highest BCUT2D eigenvalue weighted by Gasteiger charge is 2.78. The van der Waals surface area contributed by atoms with E-state index in [1.165, 1.54) is 0 Å². The predicted octanol–water partition coefficient (Wildman–Crippen LogP) is 5.50. The molecule has 16 heteroatoms. The third-order valence-corrected chi connectivity index (χ3v) is 4.57. The van der Waals surface area contributed by atoms with Gasteiger partial charge in [-0.15, -0.1) is 0 Å². The summed E-state index contributed by atoms with van der Waals surface area (Å²) in [5.41, 5.74) is 0. The molecule has 1 N–H and O–H groups in total. The summed E-state index contributed by atoms with van der Waals surface area (Å²) in [6.45, 7) is -2.50. The maximum atomic E-state index is 13.1. The van der Waals surface area contributed by atoms with Crippen molar-refractivity contribution < 1.29 is 71.0 Å². The first-order chi connectivity index (χ1) is 12.1. The number of rotatable bonds is 1. The molecule has 4 unspecified atom stereocenters. The zero-order valence-electron chi connectivity index (χ0n) is 12.8. The fourth-order valence-electron chi connectivity index (χ4n) is 3.77. The lowest BCUT2D eigenvalue weighted by molar-refractivity contribution is -0.392. The molecule has 1 fully saturated rings. The Labute approximate surface area is 145 Å². The van der Waals surface area contributed by atoms with Crippen LogP contribution in [0.15, 0.2) is 0 Å². The molecule has 0 saturated heterocycles. The topological polar surface area (TPSA) is 20.2 Å². The Morgan fingerprint density at radius 1 is 0.393 bits per heavy atom. The van der Waals surface area contributed by atoms with Crippen LogP contribution in [0.1, 0.15) is 0 Å². The van der Waals surface area contributed by atoms with Crippen LogP contribution in [0.3, 0.4) is 0 Å². The van der Waals surface area contributed by atoms with Gasteiger partial charge in [0, 0.05) is 12.5 Å². The summed E-state index contributed by atoms with van der Waals surface area (Å²) < 4.78 is 196. The van der Waals surface area contributed by atoms with Gasteiger partial charge in [0.2, 0.25) is 0 Å². The summed E-state index contributed by atoms with van der Waals surface area (Å²) in [7, 11) is 0. The molecule has 0 bridgehead atoms. The molecule has 0 aliphatic heterocycles. The van der Waals surface area contributed by atoms with E-state index in [9.17, 15) is 65.9 Å². The van der Waals surface area contributed by atoms with Crippen molar-refractivity contribution in [2.24, 2.45) is 35.5 Å². The van der Waals surface area contributed by atoms with Gasteiger partial charge in [-0.3, -0.25) is 0 Å². The summed E-state index contributed by atoms with van der Waals surface area (Å²) in [4.78, 5) is 0. The molecule has 1 rings (SSSR count). The normalized spacial score (nSPS) is 33.9. The van der Waals surface area contributed by atoms with E-state index in [4.69, 9.17) is 5.11 Å². The largest absolute Gasteiger partial charge is 0.396 e. The highest BCUT2D eigenvalue weighted by molar-refractivity contribution is 5.06. The Bertz CT molecular complexity index is 496. The molecule has 0 heterocycles. The van der Waals surface area contributed by atoms with Crippen molar-refractivity contribution in [2.75, 3.05) is 6.61 Å². The van der Waals surface area contributed by atoms with Crippen molar-refractivity contribution in [3.63, 3.8) is 0 Å². The number of alkyl halides is 15. The van der Waals surface area contributed by atoms with Gasteiger partial charge in [0.15, 0.2) is 0 Å². The third kappa shape index (κ3) is 4.72. The van der Waals surface area contributed by atoms with E-state index in [0.29, 0.717) is 0 Å². The smallest absolute Gasteiger partial charge is 0.393 e. The van der Waals surface area contributed by atoms with Gasteiger partial charge in [0.25, 0.3) is 0 Å². The third-order valence-electron chi connectivity index (χ3n) is 4.57. The van der Waals surface area contributed by atoms with Crippen molar-refractivity contribution in [3.8, 4) is 0 Å². The van der Waals surface area contributed by atoms with Crippen LogP contribution in [0, 0.1) is 35.5 Å². The molecule has 1 aliphatic carbocycles. The number of aliphatic hydroxyl groups excluding tert-OH is 1. The Hall–Kier alpha value is -1.09. The standard InChI is InChI=1S/C12H9F15O/c13-8(14,15)3-2(1-28)4(9(16,17)18)6(11(22,23)24)7(12(25,26)27)5(3)10(19,20)21/h2-7,28H,1H2. The molecular weight excluding hydrogens is 445 g/mol. The maximum absolute atomic E-state index is 13.1. The van der Waals surface area contributed by atoms with Crippen LogP contribution in [0.5, 0.6) is 0 Å². The van der Waals surface area contributed by atoms with Crippen molar-refractivity contribution in [3.05, 3.63) is 0 Å². The van der Waals surface area contributed by atoms with Crippen LogP contribution in [0.25, 0.3) is 0 Å². The van der Waals surface area contributed by atoms with Gasteiger partial charge in [-0.25, -0.2) is 0 Å². The molecule has 0 amide bonds. The Morgan fingerprint density at radius 3 is 0.714 bits per heavy atom. The Kier molecular flexibility index (Phi) is 6.24. The van der Waals surface area contributed by atoms with Crippen LogP contribution in [0.2, 0.25) is 0 Å². The lowest BCUT2D eigenvalue weighted by Crippen LogP contribution is -2.65. The summed E-state index contributed by atoms with van der Waals surface area (Å²) in [5, 5.41) is 8.80. The van der Waals surface area contributed by atoms with Crippen molar-refractivity contribution in [1.82, 2.24) is 0 Å². The summed E-state index contributed by atoms with van der Waals surface area (Å²) in [5.74, 6) is -27.8.